The van der Waals surface area contributed by atoms with Crippen molar-refractivity contribution in [2.45, 2.75) is 33.1 Å². The molecule has 5 nitrogen and oxygen atoms in total. The highest BCUT2D eigenvalue weighted by molar-refractivity contribution is 5.92. The van der Waals surface area contributed by atoms with Crippen LogP contribution in [0.5, 0.6) is 0 Å². The van der Waals surface area contributed by atoms with Gasteiger partial charge in [0.1, 0.15) is 0 Å². The number of hydrogen-bond acceptors (Lipinski definition) is 3. The Labute approximate surface area is 126 Å². The normalized spacial score (nSPS) is 12.2. The van der Waals surface area contributed by atoms with Gasteiger partial charge in [0.2, 0.25) is 11.8 Å². The van der Waals surface area contributed by atoms with Crippen molar-refractivity contribution in [3.8, 4) is 0 Å². The van der Waals surface area contributed by atoms with E-state index in [4.69, 9.17) is 11.5 Å². The first-order valence-corrected chi connectivity index (χ1v) is 7.28. The molecule has 116 valence electrons. The Kier molecular flexibility index (Phi) is 6.88. The van der Waals surface area contributed by atoms with Gasteiger partial charge in [0.25, 0.3) is 0 Å². The number of anilines is 1. The van der Waals surface area contributed by atoms with Crippen molar-refractivity contribution in [2.24, 2.45) is 23.3 Å². The zero-order valence-electron chi connectivity index (χ0n) is 12.8. The molecule has 2 amide bonds. The molecule has 0 aliphatic rings. The number of nitrogens with one attached hydrogen (secondary N) is 1. The van der Waals surface area contributed by atoms with Crippen molar-refractivity contribution in [1.29, 1.82) is 0 Å². The fourth-order valence-corrected chi connectivity index (χ4v) is 2.38. The maximum Gasteiger partial charge on any atom is 0.224 e. The van der Waals surface area contributed by atoms with E-state index in [9.17, 15) is 9.59 Å². The Morgan fingerprint density at radius 3 is 2.48 bits per heavy atom. The lowest BCUT2D eigenvalue weighted by molar-refractivity contribution is -0.118. The topological polar surface area (TPSA) is 98.2 Å². The summed E-state index contributed by atoms with van der Waals surface area (Å²) in [6, 6.07) is 7.19. The second kappa shape index (κ2) is 8.42. The number of benzene rings is 1. The van der Waals surface area contributed by atoms with Crippen LogP contribution in [0.4, 0.5) is 5.69 Å². The third-order valence-corrected chi connectivity index (χ3v) is 3.27. The summed E-state index contributed by atoms with van der Waals surface area (Å²) in [5.41, 5.74) is 12.3. The minimum atomic E-state index is -0.420. The molecular weight excluding hydrogens is 266 g/mol. The molecule has 0 bridgehead atoms. The maximum absolute atomic E-state index is 12.1. The molecule has 0 aromatic heterocycles. The van der Waals surface area contributed by atoms with Crippen molar-refractivity contribution >= 4 is 17.5 Å². The second-order valence-electron chi connectivity index (χ2n) is 5.78. The standard InChI is InChI=1S/C16H25N3O2/c1-11(2)7-12(10-17)8-16(21)19-14-6-4-3-5-13(14)9-15(18)20/h3-6,11-12H,7-10,17H2,1-2H3,(H2,18,20)(H,19,21). The SMILES string of the molecule is CC(C)CC(CN)CC(=O)Nc1ccccc1CC(N)=O. The maximum atomic E-state index is 12.1. The van der Waals surface area contributed by atoms with Gasteiger partial charge < -0.3 is 16.8 Å². The minimum absolute atomic E-state index is 0.0805. The first-order valence-electron chi connectivity index (χ1n) is 7.28. The number of carbonyl (C=O) groups excluding carboxylic acids is 2. The fraction of sp³-hybridized carbons (Fsp3) is 0.500. The van der Waals surface area contributed by atoms with Gasteiger partial charge in [-0.15, -0.1) is 0 Å². The molecule has 0 aliphatic heterocycles. The van der Waals surface area contributed by atoms with E-state index in [-0.39, 0.29) is 18.2 Å². The summed E-state index contributed by atoms with van der Waals surface area (Å²) in [4.78, 5) is 23.2. The number of carbonyl (C=O) groups is 2. The van der Waals surface area contributed by atoms with Gasteiger partial charge in [0.05, 0.1) is 6.42 Å². The Morgan fingerprint density at radius 2 is 1.90 bits per heavy atom. The molecule has 1 unspecified atom stereocenters. The van der Waals surface area contributed by atoms with E-state index in [0.29, 0.717) is 24.6 Å². The number of para-hydroxylation sites is 1. The summed E-state index contributed by atoms with van der Waals surface area (Å²) >= 11 is 0. The molecule has 0 fully saturated rings. The Hall–Kier alpha value is -1.88. The van der Waals surface area contributed by atoms with Gasteiger partial charge in [-0.25, -0.2) is 0 Å². The summed E-state index contributed by atoms with van der Waals surface area (Å²) in [7, 11) is 0. The van der Waals surface area contributed by atoms with E-state index < -0.39 is 5.91 Å². The van der Waals surface area contributed by atoms with Crippen LogP contribution in [0.1, 0.15) is 32.3 Å². The molecule has 5 N–H and O–H groups in total. The van der Waals surface area contributed by atoms with Gasteiger partial charge in [-0.05, 0) is 36.4 Å². The summed E-state index contributed by atoms with van der Waals surface area (Å²) < 4.78 is 0. The number of amides is 2. The van der Waals surface area contributed by atoms with Gasteiger partial charge in [-0.3, -0.25) is 9.59 Å². The minimum Gasteiger partial charge on any atom is -0.369 e. The van der Waals surface area contributed by atoms with Gasteiger partial charge in [-0.1, -0.05) is 32.0 Å². The highest BCUT2D eigenvalue weighted by atomic mass is 16.2. The summed E-state index contributed by atoms with van der Waals surface area (Å²) in [5.74, 6) is 0.182. The van der Waals surface area contributed by atoms with Crippen LogP contribution in [0.2, 0.25) is 0 Å². The average molecular weight is 291 g/mol. The van der Waals surface area contributed by atoms with Crippen LogP contribution >= 0.6 is 0 Å². The van der Waals surface area contributed by atoms with E-state index in [1.54, 1.807) is 12.1 Å². The molecule has 0 heterocycles. The van der Waals surface area contributed by atoms with Gasteiger partial charge in [0.15, 0.2) is 0 Å². The fourth-order valence-electron chi connectivity index (χ4n) is 2.38. The van der Waals surface area contributed by atoms with Crippen molar-refractivity contribution in [3.63, 3.8) is 0 Å². The van der Waals surface area contributed by atoms with E-state index in [2.05, 4.69) is 19.2 Å². The number of rotatable bonds is 8. The van der Waals surface area contributed by atoms with Crippen LogP contribution in [0.25, 0.3) is 0 Å². The number of nitrogens with two attached hydrogens (primary N) is 2. The molecular formula is C16H25N3O2. The summed E-state index contributed by atoms with van der Waals surface area (Å²) in [6.07, 6.45) is 1.43. The third kappa shape index (κ3) is 6.40. The predicted molar refractivity (Wildman–Crippen MR) is 84.6 cm³/mol. The molecule has 5 heteroatoms. The molecule has 21 heavy (non-hydrogen) atoms. The van der Waals surface area contributed by atoms with Crippen molar-refractivity contribution in [3.05, 3.63) is 29.8 Å². The summed E-state index contributed by atoms with van der Waals surface area (Å²) in [6.45, 7) is 4.72. The quantitative estimate of drug-likeness (QED) is 0.679. The molecule has 0 radical (unpaired) electrons. The molecule has 0 spiro atoms. The zero-order valence-corrected chi connectivity index (χ0v) is 12.8. The molecule has 0 aliphatic carbocycles. The van der Waals surface area contributed by atoms with Crippen molar-refractivity contribution in [1.82, 2.24) is 0 Å². The molecule has 1 rings (SSSR count). The molecule has 1 aromatic carbocycles. The average Bonchev–Trinajstić information content (AvgIpc) is 2.39. The van der Waals surface area contributed by atoms with E-state index in [0.717, 1.165) is 12.0 Å². The summed E-state index contributed by atoms with van der Waals surface area (Å²) in [5, 5.41) is 2.85. The number of hydrogen-bond donors (Lipinski definition) is 3. The van der Waals surface area contributed by atoms with Crippen LogP contribution in [-0.2, 0) is 16.0 Å². The third-order valence-electron chi connectivity index (χ3n) is 3.27. The second-order valence-corrected chi connectivity index (χ2v) is 5.78. The van der Waals surface area contributed by atoms with Crippen molar-refractivity contribution < 1.29 is 9.59 Å². The lowest BCUT2D eigenvalue weighted by Gasteiger charge is -2.17. The highest BCUT2D eigenvalue weighted by Gasteiger charge is 2.15. The zero-order chi connectivity index (χ0) is 15.8. The first-order chi connectivity index (χ1) is 9.92. The van der Waals surface area contributed by atoms with Gasteiger partial charge in [0, 0.05) is 12.1 Å². The van der Waals surface area contributed by atoms with E-state index >= 15 is 0 Å². The molecule has 0 saturated carbocycles. The first kappa shape index (κ1) is 17.2. The Morgan fingerprint density at radius 1 is 1.24 bits per heavy atom. The Balaban J connectivity index is 2.68. The lowest BCUT2D eigenvalue weighted by Crippen LogP contribution is -2.24. The van der Waals surface area contributed by atoms with Crippen LogP contribution in [0.3, 0.4) is 0 Å². The van der Waals surface area contributed by atoms with Crippen LogP contribution in [-0.4, -0.2) is 18.4 Å². The molecule has 0 saturated heterocycles. The molecule has 1 aromatic rings. The lowest BCUT2D eigenvalue weighted by atomic mass is 9.94. The highest BCUT2D eigenvalue weighted by Crippen LogP contribution is 2.18. The molecule has 1 atom stereocenters. The van der Waals surface area contributed by atoms with Crippen LogP contribution in [0, 0.1) is 11.8 Å². The van der Waals surface area contributed by atoms with E-state index in [1.165, 1.54) is 0 Å². The smallest absolute Gasteiger partial charge is 0.224 e. The van der Waals surface area contributed by atoms with Crippen LogP contribution < -0.4 is 16.8 Å². The largest absolute Gasteiger partial charge is 0.369 e. The van der Waals surface area contributed by atoms with Crippen molar-refractivity contribution in [2.75, 3.05) is 11.9 Å². The van der Waals surface area contributed by atoms with Gasteiger partial charge in [-0.2, -0.15) is 0 Å². The monoisotopic (exact) mass is 291 g/mol. The van der Waals surface area contributed by atoms with Crippen LogP contribution in [0.15, 0.2) is 24.3 Å². The van der Waals surface area contributed by atoms with E-state index in [1.807, 2.05) is 12.1 Å². The van der Waals surface area contributed by atoms with Gasteiger partial charge >= 0.3 is 0 Å². The predicted octanol–water partition coefficient (Wildman–Crippen LogP) is 1.66. The number of primary amides is 1. The Bertz CT molecular complexity index is 486.